The smallest absolute Gasteiger partial charge is 0.256 e. The Bertz CT molecular complexity index is 956. The number of likely N-dealkylation sites (tertiary alicyclic amines) is 1. The summed E-state index contributed by atoms with van der Waals surface area (Å²) >= 11 is 0. The largest absolute Gasteiger partial charge is 0.391 e. The van der Waals surface area contributed by atoms with Crippen LogP contribution in [-0.4, -0.2) is 38.5 Å². The SMILES string of the molecule is O=C(c1cc(F)cc2[nH]cnc12)N1C[C@@H](O)C[C@@H]1c1cccc(F)c1. The first-order valence-electron chi connectivity index (χ1n) is 7.90. The molecule has 2 heterocycles. The third-order valence-corrected chi connectivity index (χ3v) is 4.49. The van der Waals surface area contributed by atoms with Gasteiger partial charge in [-0.3, -0.25) is 4.79 Å². The van der Waals surface area contributed by atoms with E-state index in [9.17, 15) is 18.7 Å². The number of imidazole rings is 1. The number of β-amino-alcohol motifs (C(OH)–C–C–N with tert-alkyl or cyclic N) is 1. The first-order valence-corrected chi connectivity index (χ1v) is 7.90. The minimum absolute atomic E-state index is 0.0996. The Morgan fingerprint density at radius 3 is 2.88 bits per heavy atom. The van der Waals surface area contributed by atoms with Crippen molar-refractivity contribution in [2.24, 2.45) is 0 Å². The lowest BCUT2D eigenvalue weighted by atomic mass is 10.0. The predicted molar refractivity (Wildman–Crippen MR) is 86.9 cm³/mol. The zero-order chi connectivity index (χ0) is 17.6. The highest BCUT2D eigenvalue weighted by atomic mass is 19.1. The first kappa shape index (κ1) is 15.7. The fourth-order valence-electron chi connectivity index (χ4n) is 3.40. The molecule has 3 aromatic rings. The van der Waals surface area contributed by atoms with Crippen LogP contribution >= 0.6 is 0 Å². The number of amides is 1. The number of H-pyrrole nitrogens is 1. The number of aromatic nitrogens is 2. The number of fused-ring (bicyclic) bond motifs is 1. The lowest BCUT2D eigenvalue weighted by Crippen LogP contribution is -2.32. The molecule has 7 heteroatoms. The number of carbonyl (C=O) groups excluding carboxylic acids is 1. The van der Waals surface area contributed by atoms with Crippen molar-refractivity contribution in [3.63, 3.8) is 0 Å². The van der Waals surface area contributed by atoms with Gasteiger partial charge in [0.2, 0.25) is 0 Å². The van der Waals surface area contributed by atoms with Gasteiger partial charge in [0.1, 0.15) is 17.2 Å². The van der Waals surface area contributed by atoms with E-state index in [-0.39, 0.29) is 12.1 Å². The summed E-state index contributed by atoms with van der Waals surface area (Å²) in [7, 11) is 0. The van der Waals surface area contributed by atoms with Crippen molar-refractivity contribution in [3.8, 4) is 0 Å². The van der Waals surface area contributed by atoms with Crippen LogP contribution in [0.25, 0.3) is 11.0 Å². The molecule has 25 heavy (non-hydrogen) atoms. The van der Waals surface area contributed by atoms with Gasteiger partial charge in [-0.15, -0.1) is 0 Å². The number of aromatic amines is 1. The number of nitrogens with one attached hydrogen (secondary N) is 1. The van der Waals surface area contributed by atoms with Crippen LogP contribution < -0.4 is 0 Å². The topological polar surface area (TPSA) is 69.2 Å². The molecule has 2 atom stereocenters. The molecule has 0 saturated carbocycles. The molecule has 128 valence electrons. The van der Waals surface area contributed by atoms with E-state index in [1.807, 2.05) is 0 Å². The van der Waals surface area contributed by atoms with E-state index in [1.165, 1.54) is 29.4 Å². The Labute approximate surface area is 141 Å². The average Bonchev–Trinajstić information content (AvgIpc) is 3.19. The number of aliphatic hydroxyl groups excluding tert-OH is 1. The van der Waals surface area contributed by atoms with Gasteiger partial charge in [-0.2, -0.15) is 0 Å². The summed E-state index contributed by atoms with van der Waals surface area (Å²) in [5, 5.41) is 10.0. The van der Waals surface area contributed by atoms with E-state index < -0.39 is 29.7 Å². The highest BCUT2D eigenvalue weighted by Gasteiger charge is 2.36. The van der Waals surface area contributed by atoms with Crippen molar-refractivity contribution >= 4 is 16.9 Å². The van der Waals surface area contributed by atoms with Gasteiger partial charge >= 0.3 is 0 Å². The molecule has 1 aliphatic rings. The molecular formula is C18H15F2N3O2. The van der Waals surface area contributed by atoms with Crippen molar-refractivity contribution in [2.45, 2.75) is 18.6 Å². The van der Waals surface area contributed by atoms with E-state index in [4.69, 9.17) is 0 Å². The summed E-state index contributed by atoms with van der Waals surface area (Å²) in [6.07, 6.45) is 0.971. The van der Waals surface area contributed by atoms with Gasteiger partial charge < -0.3 is 15.0 Å². The number of hydrogen-bond donors (Lipinski definition) is 2. The number of benzene rings is 2. The van der Waals surface area contributed by atoms with Gasteiger partial charge in [-0.1, -0.05) is 12.1 Å². The number of carbonyl (C=O) groups is 1. The third kappa shape index (κ3) is 2.76. The molecule has 0 unspecified atom stereocenters. The standard InChI is InChI=1S/C18H15F2N3O2/c19-11-3-1-2-10(4-11)16-7-13(24)8-23(16)18(25)14-5-12(20)6-15-17(14)22-9-21-15/h1-6,9,13,16,24H,7-8H2,(H,21,22)/t13-,16+/m0/s1. The van der Waals surface area contributed by atoms with Crippen LogP contribution in [0, 0.1) is 11.6 Å². The van der Waals surface area contributed by atoms with Crippen LogP contribution in [0.3, 0.4) is 0 Å². The second kappa shape index (κ2) is 5.93. The van der Waals surface area contributed by atoms with Crippen molar-refractivity contribution in [3.05, 3.63) is 65.5 Å². The zero-order valence-electron chi connectivity index (χ0n) is 13.1. The summed E-state index contributed by atoms with van der Waals surface area (Å²) in [4.78, 5) is 21.3. The van der Waals surface area contributed by atoms with E-state index in [2.05, 4.69) is 9.97 Å². The predicted octanol–water partition coefficient (Wildman–Crippen LogP) is 2.79. The Balaban J connectivity index is 1.76. The minimum Gasteiger partial charge on any atom is -0.391 e. The summed E-state index contributed by atoms with van der Waals surface area (Å²) in [6, 6.07) is 7.87. The van der Waals surface area contributed by atoms with Crippen molar-refractivity contribution < 1.29 is 18.7 Å². The van der Waals surface area contributed by atoms with Crippen LogP contribution in [0.15, 0.2) is 42.7 Å². The quantitative estimate of drug-likeness (QED) is 0.752. The van der Waals surface area contributed by atoms with Crippen molar-refractivity contribution in [2.75, 3.05) is 6.54 Å². The summed E-state index contributed by atoms with van der Waals surface area (Å²) < 4.78 is 27.4. The fraction of sp³-hybridized carbons (Fsp3) is 0.222. The average molecular weight is 343 g/mol. The highest BCUT2D eigenvalue weighted by molar-refractivity contribution is 6.05. The molecule has 1 aromatic heterocycles. The van der Waals surface area contributed by atoms with E-state index >= 15 is 0 Å². The van der Waals surface area contributed by atoms with Crippen LogP contribution in [0.4, 0.5) is 8.78 Å². The maximum atomic E-state index is 13.9. The van der Waals surface area contributed by atoms with Gasteiger partial charge in [0.15, 0.2) is 0 Å². The molecule has 5 nitrogen and oxygen atoms in total. The molecule has 1 fully saturated rings. The molecule has 0 aliphatic carbocycles. The minimum atomic E-state index is -0.722. The second-order valence-electron chi connectivity index (χ2n) is 6.17. The van der Waals surface area contributed by atoms with Crippen molar-refractivity contribution in [1.82, 2.24) is 14.9 Å². The third-order valence-electron chi connectivity index (χ3n) is 4.49. The lowest BCUT2D eigenvalue weighted by molar-refractivity contribution is 0.0717. The Morgan fingerprint density at radius 1 is 1.24 bits per heavy atom. The Kier molecular flexibility index (Phi) is 3.73. The van der Waals surface area contributed by atoms with E-state index in [0.717, 1.165) is 6.07 Å². The van der Waals surface area contributed by atoms with Gasteiger partial charge in [-0.05, 0) is 36.2 Å². The van der Waals surface area contributed by atoms with Crippen LogP contribution in [-0.2, 0) is 0 Å². The molecule has 2 aromatic carbocycles. The second-order valence-corrected chi connectivity index (χ2v) is 6.17. The maximum absolute atomic E-state index is 13.9. The number of nitrogens with zero attached hydrogens (tertiary/aromatic N) is 2. The molecule has 0 bridgehead atoms. The van der Waals surface area contributed by atoms with Gasteiger partial charge in [0.05, 0.1) is 29.6 Å². The number of rotatable bonds is 2. The molecule has 1 aliphatic heterocycles. The van der Waals surface area contributed by atoms with E-state index in [1.54, 1.807) is 12.1 Å². The lowest BCUT2D eigenvalue weighted by Gasteiger charge is -2.25. The monoisotopic (exact) mass is 343 g/mol. The van der Waals surface area contributed by atoms with E-state index in [0.29, 0.717) is 23.0 Å². The van der Waals surface area contributed by atoms with Crippen LogP contribution in [0.1, 0.15) is 28.4 Å². The van der Waals surface area contributed by atoms with Gasteiger partial charge in [0, 0.05) is 6.54 Å². The number of halogens is 2. The number of aliphatic hydroxyl groups is 1. The van der Waals surface area contributed by atoms with Crippen molar-refractivity contribution in [1.29, 1.82) is 0 Å². The Morgan fingerprint density at radius 2 is 2.08 bits per heavy atom. The summed E-state index contributed by atoms with van der Waals surface area (Å²) in [5.74, 6) is -1.41. The van der Waals surface area contributed by atoms with Crippen LogP contribution in [0.5, 0.6) is 0 Å². The normalized spacial score (nSPS) is 20.4. The highest BCUT2D eigenvalue weighted by Crippen LogP contribution is 2.34. The van der Waals surface area contributed by atoms with Crippen LogP contribution in [0.2, 0.25) is 0 Å². The molecule has 1 amide bonds. The molecule has 4 rings (SSSR count). The fourth-order valence-corrected chi connectivity index (χ4v) is 3.40. The molecular weight excluding hydrogens is 328 g/mol. The molecule has 1 saturated heterocycles. The maximum Gasteiger partial charge on any atom is 0.256 e. The summed E-state index contributed by atoms with van der Waals surface area (Å²) in [5.41, 5.74) is 1.50. The van der Waals surface area contributed by atoms with Gasteiger partial charge in [0.25, 0.3) is 5.91 Å². The van der Waals surface area contributed by atoms with Gasteiger partial charge in [-0.25, -0.2) is 13.8 Å². The molecule has 0 radical (unpaired) electrons. The zero-order valence-corrected chi connectivity index (χ0v) is 13.1. The summed E-state index contributed by atoms with van der Waals surface area (Å²) in [6.45, 7) is 0.0996. The first-order chi connectivity index (χ1) is 12.0. The Hall–Kier alpha value is -2.80. The number of hydrogen-bond acceptors (Lipinski definition) is 3. The molecule has 0 spiro atoms. The molecule has 2 N–H and O–H groups in total.